The molecule has 6 rings (SSSR count). The fraction of sp³-hybridized carbons (Fsp3) is 0.375. The third-order valence-electron chi connectivity index (χ3n) is 7.70. The maximum Gasteiger partial charge on any atom is 0.305 e. The molecule has 38 heavy (non-hydrogen) atoms. The molecule has 4 aromatic rings. The summed E-state index contributed by atoms with van der Waals surface area (Å²) >= 11 is 0. The minimum atomic E-state index is -0.136. The Morgan fingerprint density at radius 2 is 1.95 bits per heavy atom. The van der Waals surface area contributed by atoms with Crippen LogP contribution in [0.4, 0.5) is 0 Å². The molecule has 0 unspecified atom stereocenters. The molecule has 3 aromatic carbocycles. The standard InChI is InChI=1S/C32H34N2O4/c1-4-8-27(35)37-14-7-13-34-26-12-11-20(18-38-19(2)3)15-23(26)29-25-17-33-32(36)30(25)28-22-10-6-5-9-21(22)16-24(28)31(29)34/h5-6,9-12,15,19H,4,7-8,13-14,16-18H2,1-3H3,(H,33,36). The highest BCUT2D eigenvalue weighted by atomic mass is 16.5. The van der Waals surface area contributed by atoms with Crippen LogP contribution in [0.15, 0.2) is 42.5 Å². The summed E-state index contributed by atoms with van der Waals surface area (Å²) in [7, 11) is 0. The molecular formula is C32H34N2O4. The quantitative estimate of drug-likeness (QED) is 0.188. The Hall–Kier alpha value is -3.64. The number of carbonyl (C=O) groups excluding carboxylic acids is 2. The van der Waals surface area contributed by atoms with Gasteiger partial charge >= 0.3 is 5.97 Å². The number of rotatable bonds is 9. The maximum absolute atomic E-state index is 13.2. The average Bonchev–Trinajstić information content (AvgIpc) is 3.57. The summed E-state index contributed by atoms with van der Waals surface area (Å²) in [6.45, 7) is 8.27. The summed E-state index contributed by atoms with van der Waals surface area (Å²) in [6, 6.07) is 15.0. The van der Waals surface area contributed by atoms with Crippen LogP contribution in [0.1, 0.15) is 72.6 Å². The zero-order valence-corrected chi connectivity index (χ0v) is 22.4. The lowest BCUT2D eigenvalue weighted by molar-refractivity contribution is -0.143. The number of hydrogen-bond acceptors (Lipinski definition) is 4. The van der Waals surface area contributed by atoms with Gasteiger partial charge in [0.25, 0.3) is 5.91 Å². The zero-order valence-electron chi connectivity index (χ0n) is 22.4. The smallest absolute Gasteiger partial charge is 0.305 e. The molecule has 1 aliphatic carbocycles. The lowest BCUT2D eigenvalue weighted by Crippen LogP contribution is -2.13. The number of hydrogen-bond donors (Lipinski definition) is 1. The van der Waals surface area contributed by atoms with E-state index in [1.807, 2.05) is 20.8 Å². The summed E-state index contributed by atoms with van der Waals surface area (Å²) < 4.78 is 13.8. The molecule has 2 heterocycles. The van der Waals surface area contributed by atoms with Gasteiger partial charge in [-0.05, 0) is 66.6 Å². The summed E-state index contributed by atoms with van der Waals surface area (Å²) in [5.74, 6) is -0.124. The van der Waals surface area contributed by atoms with Crippen LogP contribution in [0.3, 0.4) is 0 Å². The third kappa shape index (κ3) is 4.08. The van der Waals surface area contributed by atoms with E-state index in [-0.39, 0.29) is 18.0 Å². The first-order chi connectivity index (χ1) is 18.5. The number of carbonyl (C=O) groups is 2. The Balaban J connectivity index is 1.54. The van der Waals surface area contributed by atoms with Crippen molar-refractivity contribution in [2.75, 3.05) is 6.61 Å². The predicted octanol–water partition coefficient (Wildman–Crippen LogP) is 6.27. The van der Waals surface area contributed by atoms with Gasteiger partial charge in [0.15, 0.2) is 0 Å². The number of nitrogens with one attached hydrogen (secondary N) is 1. The normalized spacial score (nSPS) is 13.7. The first-order valence-corrected chi connectivity index (χ1v) is 13.7. The van der Waals surface area contributed by atoms with Crippen LogP contribution in [0.25, 0.3) is 32.9 Å². The Kier molecular flexibility index (Phi) is 6.44. The fourth-order valence-electron chi connectivity index (χ4n) is 6.10. The number of benzene rings is 3. The van der Waals surface area contributed by atoms with Crippen LogP contribution in [0.5, 0.6) is 0 Å². The fourth-order valence-corrected chi connectivity index (χ4v) is 6.10. The number of fused-ring (bicyclic) bond motifs is 10. The Bertz CT molecular complexity index is 1580. The number of aromatic nitrogens is 1. The molecule has 0 atom stereocenters. The number of nitrogens with zero attached hydrogens (tertiary/aromatic N) is 1. The highest BCUT2D eigenvalue weighted by Gasteiger charge is 2.35. The minimum absolute atomic E-state index is 0.0119. The van der Waals surface area contributed by atoms with Gasteiger partial charge in [-0.1, -0.05) is 37.3 Å². The second kappa shape index (κ2) is 9.91. The van der Waals surface area contributed by atoms with Crippen molar-refractivity contribution in [1.29, 1.82) is 0 Å². The Morgan fingerprint density at radius 3 is 2.76 bits per heavy atom. The predicted molar refractivity (Wildman–Crippen MR) is 149 cm³/mol. The average molecular weight is 511 g/mol. The van der Waals surface area contributed by atoms with E-state index in [2.05, 4.69) is 52.3 Å². The lowest BCUT2D eigenvalue weighted by Gasteiger charge is -2.14. The summed E-state index contributed by atoms with van der Waals surface area (Å²) in [5.41, 5.74) is 10.1. The van der Waals surface area contributed by atoms with E-state index in [1.54, 1.807) is 0 Å². The second-order valence-corrected chi connectivity index (χ2v) is 10.6. The van der Waals surface area contributed by atoms with Gasteiger partial charge in [0.05, 0.1) is 30.4 Å². The molecule has 196 valence electrons. The van der Waals surface area contributed by atoms with E-state index in [1.165, 1.54) is 16.6 Å². The summed E-state index contributed by atoms with van der Waals surface area (Å²) in [5, 5.41) is 5.43. The van der Waals surface area contributed by atoms with Gasteiger partial charge in [-0.2, -0.15) is 0 Å². The molecule has 1 N–H and O–H groups in total. The molecule has 0 fully saturated rings. The summed E-state index contributed by atoms with van der Waals surface area (Å²) in [4.78, 5) is 25.1. The number of esters is 1. The van der Waals surface area contributed by atoms with Gasteiger partial charge in [0, 0.05) is 47.8 Å². The van der Waals surface area contributed by atoms with Crippen molar-refractivity contribution in [1.82, 2.24) is 9.88 Å². The third-order valence-corrected chi connectivity index (χ3v) is 7.70. The monoisotopic (exact) mass is 510 g/mol. The number of ether oxygens (including phenoxy) is 2. The van der Waals surface area contributed by atoms with Crippen LogP contribution in [0, 0.1) is 0 Å². The van der Waals surface area contributed by atoms with Crippen molar-refractivity contribution in [3.63, 3.8) is 0 Å². The van der Waals surface area contributed by atoms with Crippen LogP contribution in [-0.4, -0.2) is 29.2 Å². The largest absolute Gasteiger partial charge is 0.466 e. The van der Waals surface area contributed by atoms with E-state index in [0.717, 1.165) is 69.9 Å². The molecule has 0 saturated carbocycles. The minimum Gasteiger partial charge on any atom is -0.466 e. The van der Waals surface area contributed by atoms with Crippen LogP contribution in [0.2, 0.25) is 0 Å². The molecule has 6 heteroatoms. The van der Waals surface area contributed by atoms with Crippen molar-refractivity contribution in [3.05, 3.63) is 70.3 Å². The van der Waals surface area contributed by atoms with Crippen molar-refractivity contribution >= 4 is 33.7 Å². The highest BCUT2D eigenvalue weighted by Crippen LogP contribution is 2.48. The van der Waals surface area contributed by atoms with Crippen molar-refractivity contribution in [3.8, 4) is 11.1 Å². The van der Waals surface area contributed by atoms with Crippen molar-refractivity contribution in [2.45, 2.75) is 72.3 Å². The van der Waals surface area contributed by atoms with E-state index in [0.29, 0.717) is 26.2 Å². The van der Waals surface area contributed by atoms with Crippen LogP contribution < -0.4 is 5.32 Å². The van der Waals surface area contributed by atoms with Gasteiger partial charge in [0.2, 0.25) is 0 Å². The SMILES string of the molecule is CCCC(=O)OCCCn1c2ccc(COC(C)C)cc2c2c3c(c4c(c21)Cc1ccccc1-4)C(=O)NC3. The van der Waals surface area contributed by atoms with Gasteiger partial charge in [0.1, 0.15) is 0 Å². The van der Waals surface area contributed by atoms with E-state index >= 15 is 0 Å². The number of amides is 1. The van der Waals surface area contributed by atoms with Crippen molar-refractivity contribution < 1.29 is 19.1 Å². The molecule has 2 aliphatic rings. The molecule has 0 radical (unpaired) electrons. The molecule has 0 bridgehead atoms. The van der Waals surface area contributed by atoms with Crippen LogP contribution >= 0.6 is 0 Å². The van der Waals surface area contributed by atoms with Gasteiger partial charge in [-0.25, -0.2) is 0 Å². The first kappa shape index (κ1) is 24.7. The molecular weight excluding hydrogens is 476 g/mol. The molecule has 1 amide bonds. The van der Waals surface area contributed by atoms with E-state index in [9.17, 15) is 9.59 Å². The van der Waals surface area contributed by atoms with E-state index in [4.69, 9.17) is 9.47 Å². The van der Waals surface area contributed by atoms with Gasteiger partial charge in [-0.3, -0.25) is 9.59 Å². The first-order valence-electron chi connectivity index (χ1n) is 13.7. The van der Waals surface area contributed by atoms with Crippen LogP contribution in [-0.2, 0) is 40.4 Å². The second-order valence-electron chi connectivity index (χ2n) is 10.6. The topological polar surface area (TPSA) is 69.6 Å². The van der Waals surface area contributed by atoms with E-state index < -0.39 is 0 Å². The Morgan fingerprint density at radius 1 is 1.11 bits per heavy atom. The molecule has 0 saturated heterocycles. The Labute approximate surface area is 222 Å². The molecule has 6 nitrogen and oxygen atoms in total. The lowest BCUT2D eigenvalue weighted by atomic mass is 9.92. The maximum atomic E-state index is 13.2. The number of aryl methyl sites for hydroxylation is 1. The molecule has 1 aliphatic heterocycles. The van der Waals surface area contributed by atoms with Crippen molar-refractivity contribution in [2.24, 2.45) is 0 Å². The molecule has 0 spiro atoms. The summed E-state index contributed by atoms with van der Waals surface area (Å²) in [6.07, 6.45) is 2.92. The van der Waals surface area contributed by atoms with Gasteiger partial charge in [-0.15, -0.1) is 0 Å². The zero-order chi connectivity index (χ0) is 26.4. The highest BCUT2D eigenvalue weighted by molar-refractivity contribution is 6.20. The van der Waals surface area contributed by atoms with Gasteiger partial charge < -0.3 is 19.4 Å². The molecule has 1 aromatic heterocycles.